The number of nitrogens with one attached hydrogen (secondary N) is 3. The predicted molar refractivity (Wildman–Crippen MR) is 109 cm³/mol. The maximum atomic E-state index is 11.9. The van der Waals surface area contributed by atoms with E-state index in [9.17, 15) is 9.59 Å². The van der Waals surface area contributed by atoms with Crippen molar-refractivity contribution in [3.8, 4) is 0 Å². The van der Waals surface area contributed by atoms with Crippen LogP contribution in [0, 0.1) is 11.8 Å². The van der Waals surface area contributed by atoms with Crippen molar-refractivity contribution in [2.45, 2.75) is 32.1 Å². The molecule has 7 heteroatoms. The average molecular weight is 389 g/mol. The molecular formula is C21H31N3O4. The number of para-hydroxylation sites is 1. The molecule has 7 nitrogen and oxygen atoms in total. The lowest BCUT2D eigenvalue weighted by molar-refractivity contribution is -0.140. The van der Waals surface area contributed by atoms with Crippen molar-refractivity contribution in [1.82, 2.24) is 10.9 Å². The molecule has 1 saturated heterocycles. The van der Waals surface area contributed by atoms with Gasteiger partial charge in [0.2, 0.25) is 0 Å². The molecule has 3 N–H and O–H groups in total. The topological polar surface area (TPSA) is 88.7 Å². The minimum atomic E-state index is -0.277. The normalized spacial score (nSPS) is 19.3. The van der Waals surface area contributed by atoms with Crippen LogP contribution in [-0.4, -0.2) is 38.9 Å². The van der Waals surface area contributed by atoms with Gasteiger partial charge in [0.1, 0.15) is 0 Å². The minimum absolute atomic E-state index is 0.163. The van der Waals surface area contributed by atoms with Crippen LogP contribution >= 0.6 is 0 Å². The SMILES string of the molecule is COC(=O)CCC/C=C\CC1COCCC1CNNC(=O)Nc1ccccc1. The number of hydrogen-bond acceptors (Lipinski definition) is 5. The Bertz CT molecular complexity index is 621. The number of rotatable bonds is 10. The lowest BCUT2D eigenvalue weighted by Gasteiger charge is -2.31. The number of ether oxygens (including phenoxy) is 2. The maximum Gasteiger partial charge on any atom is 0.333 e. The largest absolute Gasteiger partial charge is 0.469 e. The van der Waals surface area contributed by atoms with Crippen molar-refractivity contribution in [2.24, 2.45) is 11.8 Å². The van der Waals surface area contributed by atoms with E-state index in [-0.39, 0.29) is 12.0 Å². The standard InChI is InChI=1S/C21H31N3O4/c1-27-20(25)12-8-3-2-5-9-18-16-28-14-13-17(18)15-22-24-21(26)23-19-10-6-4-7-11-19/h2,4-7,10-11,17-18,22H,3,8-9,12-16H2,1H3,(H2,23,24,26)/b5-2-. The summed E-state index contributed by atoms with van der Waals surface area (Å²) < 4.78 is 10.3. The Morgan fingerprint density at radius 3 is 2.82 bits per heavy atom. The molecule has 154 valence electrons. The van der Waals surface area contributed by atoms with Gasteiger partial charge in [0.15, 0.2) is 0 Å². The number of carbonyl (C=O) groups excluding carboxylic acids is 2. The molecular weight excluding hydrogens is 358 g/mol. The van der Waals surface area contributed by atoms with Gasteiger partial charge in [-0.25, -0.2) is 10.2 Å². The fraction of sp³-hybridized carbons (Fsp3) is 0.524. The summed E-state index contributed by atoms with van der Waals surface area (Å²) in [5.41, 5.74) is 6.49. The zero-order valence-corrected chi connectivity index (χ0v) is 16.5. The molecule has 1 fully saturated rings. The minimum Gasteiger partial charge on any atom is -0.469 e. The van der Waals surface area contributed by atoms with Crippen molar-refractivity contribution in [2.75, 3.05) is 32.2 Å². The van der Waals surface area contributed by atoms with Crippen LogP contribution in [0.25, 0.3) is 0 Å². The Labute approximate surface area is 166 Å². The van der Waals surface area contributed by atoms with E-state index in [2.05, 4.69) is 33.1 Å². The van der Waals surface area contributed by atoms with Crippen LogP contribution in [0.15, 0.2) is 42.5 Å². The number of anilines is 1. The number of hydrogen-bond donors (Lipinski definition) is 3. The van der Waals surface area contributed by atoms with Crippen molar-refractivity contribution in [3.05, 3.63) is 42.5 Å². The highest BCUT2D eigenvalue weighted by atomic mass is 16.5. The second kappa shape index (κ2) is 12.9. The van der Waals surface area contributed by atoms with Gasteiger partial charge in [-0.1, -0.05) is 30.4 Å². The molecule has 0 saturated carbocycles. The van der Waals surface area contributed by atoms with E-state index >= 15 is 0 Å². The van der Waals surface area contributed by atoms with Crippen LogP contribution in [0.5, 0.6) is 0 Å². The van der Waals surface area contributed by atoms with E-state index in [4.69, 9.17) is 4.74 Å². The van der Waals surface area contributed by atoms with Crippen LogP contribution < -0.4 is 16.2 Å². The second-order valence-electron chi connectivity index (χ2n) is 6.89. The monoisotopic (exact) mass is 389 g/mol. The van der Waals surface area contributed by atoms with Crippen LogP contribution in [0.2, 0.25) is 0 Å². The summed E-state index contributed by atoms with van der Waals surface area (Å²) in [5.74, 6) is 0.687. The van der Waals surface area contributed by atoms with Crippen LogP contribution in [0.1, 0.15) is 32.1 Å². The molecule has 2 amide bonds. The molecule has 28 heavy (non-hydrogen) atoms. The predicted octanol–water partition coefficient (Wildman–Crippen LogP) is 3.26. The third-order valence-electron chi connectivity index (χ3n) is 4.81. The summed E-state index contributed by atoms with van der Waals surface area (Å²) in [6.45, 7) is 2.18. The summed E-state index contributed by atoms with van der Waals surface area (Å²) in [5, 5.41) is 2.78. The fourth-order valence-corrected chi connectivity index (χ4v) is 3.17. The van der Waals surface area contributed by atoms with Gasteiger partial charge in [-0.05, 0) is 49.7 Å². The first-order valence-corrected chi connectivity index (χ1v) is 9.83. The number of carbonyl (C=O) groups is 2. The average Bonchev–Trinajstić information content (AvgIpc) is 2.72. The number of unbranched alkanes of at least 4 members (excludes halogenated alkanes) is 1. The third kappa shape index (κ3) is 8.54. The molecule has 0 spiro atoms. The molecule has 0 aliphatic carbocycles. The van der Waals surface area contributed by atoms with E-state index in [1.807, 2.05) is 30.3 Å². The van der Waals surface area contributed by atoms with Crippen LogP contribution in [0.4, 0.5) is 10.5 Å². The molecule has 1 aliphatic rings. The van der Waals surface area contributed by atoms with Crippen LogP contribution in [0.3, 0.4) is 0 Å². The molecule has 2 unspecified atom stereocenters. The summed E-state index contributed by atoms with van der Waals surface area (Å²) in [6, 6.07) is 9.05. The maximum absolute atomic E-state index is 11.9. The Kier molecular flexibility index (Phi) is 10.1. The Morgan fingerprint density at radius 2 is 2.04 bits per heavy atom. The van der Waals surface area contributed by atoms with E-state index in [0.717, 1.165) is 44.6 Å². The van der Waals surface area contributed by atoms with E-state index in [1.54, 1.807) is 0 Å². The van der Waals surface area contributed by atoms with Gasteiger partial charge >= 0.3 is 12.0 Å². The second-order valence-corrected chi connectivity index (χ2v) is 6.89. The number of allylic oxidation sites excluding steroid dienone is 2. The highest BCUT2D eigenvalue weighted by Crippen LogP contribution is 2.24. The summed E-state index contributed by atoms with van der Waals surface area (Å²) >= 11 is 0. The smallest absolute Gasteiger partial charge is 0.333 e. The number of amides is 2. The zero-order valence-electron chi connectivity index (χ0n) is 16.5. The molecule has 2 atom stereocenters. The van der Waals surface area contributed by atoms with Crippen LogP contribution in [-0.2, 0) is 14.3 Å². The van der Waals surface area contributed by atoms with Gasteiger partial charge in [-0.15, -0.1) is 0 Å². The van der Waals surface area contributed by atoms with E-state index < -0.39 is 0 Å². The van der Waals surface area contributed by atoms with E-state index in [1.165, 1.54) is 7.11 Å². The molecule has 2 rings (SSSR count). The Hall–Kier alpha value is -2.38. The molecule has 0 aromatic heterocycles. The molecule has 1 aromatic carbocycles. The zero-order chi connectivity index (χ0) is 20.0. The number of urea groups is 1. The van der Waals surface area contributed by atoms with Crippen molar-refractivity contribution in [1.29, 1.82) is 0 Å². The Balaban J connectivity index is 1.65. The molecule has 1 aliphatic heterocycles. The summed E-state index contributed by atoms with van der Waals surface area (Å²) in [6.07, 6.45) is 8.31. The number of hydrazine groups is 1. The molecule has 0 bridgehead atoms. The van der Waals surface area contributed by atoms with Gasteiger partial charge in [0.05, 0.1) is 7.11 Å². The van der Waals surface area contributed by atoms with Gasteiger partial charge in [0.25, 0.3) is 0 Å². The number of benzene rings is 1. The number of esters is 1. The molecule has 1 aromatic rings. The van der Waals surface area contributed by atoms with Gasteiger partial charge in [-0.3, -0.25) is 10.2 Å². The summed E-state index contributed by atoms with van der Waals surface area (Å²) in [7, 11) is 1.41. The lowest BCUT2D eigenvalue weighted by Crippen LogP contribution is -2.45. The first-order valence-electron chi connectivity index (χ1n) is 9.83. The van der Waals surface area contributed by atoms with Crippen molar-refractivity contribution in [3.63, 3.8) is 0 Å². The first-order chi connectivity index (χ1) is 13.7. The first kappa shape index (κ1) is 21.9. The summed E-state index contributed by atoms with van der Waals surface area (Å²) in [4.78, 5) is 23.0. The lowest BCUT2D eigenvalue weighted by atomic mass is 9.86. The van der Waals surface area contributed by atoms with Gasteiger partial charge in [-0.2, -0.15) is 0 Å². The molecule has 0 radical (unpaired) electrons. The number of methoxy groups -OCH3 is 1. The van der Waals surface area contributed by atoms with Crippen molar-refractivity contribution >= 4 is 17.7 Å². The fourth-order valence-electron chi connectivity index (χ4n) is 3.17. The van der Waals surface area contributed by atoms with Gasteiger partial charge in [0, 0.05) is 31.9 Å². The quantitative estimate of drug-likeness (QED) is 0.247. The van der Waals surface area contributed by atoms with Crippen molar-refractivity contribution < 1.29 is 19.1 Å². The Morgan fingerprint density at radius 1 is 1.21 bits per heavy atom. The van der Waals surface area contributed by atoms with E-state index in [0.29, 0.717) is 24.8 Å². The molecule has 1 heterocycles. The van der Waals surface area contributed by atoms with Gasteiger partial charge < -0.3 is 14.8 Å². The third-order valence-corrected chi connectivity index (χ3v) is 4.81. The highest BCUT2D eigenvalue weighted by molar-refractivity contribution is 5.88. The highest BCUT2D eigenvalue weighted by Gasteiger charge is 2.24.